The van der Waals surface area contributed by atoms with Crippen LogP contribution in [0, 0.1) is 6.92 Å². The number of benzene rings is 1. The molecule has 0 unspecified atom stereocenters. The molecule has 0 saturated carbocycles. The van der Waals surface area contributed by atoms with Crippen LogP contribution in [0.2, 0.25) is 5.02 Å². The first-order chi connectivity index (χ1) is 9.65. The molecule has 1 fully saturated rings. The predicted octanol–water partition coefficient (Wildman–Crippen LogP) is 4.01. The summed E-state index contributed by atoms with van der Waals surface area (Å²) in [5.74, 6) is 0.0656. The minimum Gasteiger partial charge on any atom is -0.337 e. The van der Waals surface area contributed by atoms with E-state index in [1.54, 1.807) is 0 Å². The predicted molar refractivity (Wildman–Crippen MR) is 82.4 cm³/mol. The van der Waals surface area contributed by atoms with Crippen molar-refractivity contribution in [2.24, 2.45) is 0 Å². The number of halogens is 1. The number of aryl methyl sites for hydroxylation is 1. The molecule has 0 radical (unpaired) electrons. The van der Waals surface area contributed by atoms with Crippen LogP contribution in [-0.4, -0.2) is 28.9 Å². The van der Waals surface area contributed by atoms with Gasteiger partial charge in [-0.15, -0.1) is 11.3 Å². The number of rotatable bonds is 2. The van der Waals surface area contributed by atoms with Gasteiger partial charge < -0.3 is 4.90 Å². The van der Waals surface area contributed by atoms with Crippen LogP contribution in [0.15, 0.2) is 24.3 Å². The highest BCUT2D eigenvalue weighted by molar-refractivity contribution is 7.17. The Labute approximate surface area is 127 Å². The molecule has 2 aromatic rings. The fourth-order valence-electron chi connectivity index (χ4n) is 2.41. The molecule has 20 heavy (non-hydrogen) atoms. The van der Waals surface area contributed by atoms with E-state index in [0.29, 0.717) is 10.0 Å². The number of amides is 1. The van der Waals surface area contributed by atoms with Crippen LogP contribution in [0.4, 0.5) is 0 Å². The molecule has 1 aromatic carbocycles. The highest BCUT2D eigenvalue weighted by atomic mass is 35.5. The van der Waals surface area contributed by atoms with Crippen molar-refractivity contribution in [3.8, 4) is 10.4 Å². The minimum atomic E-state index is 0.0656. The normalized spacial score (nSPS) is 14.8. The second-order valence-corrected chi connectivity index (χ2v) is 6.38. The lowest BCUT2D eigenvalue weighted by atomic mass is 10.2. The summed E-state index contributed by atoms with van der Waals surface area (Å²) in [5.41, 5.74) is 1.96. The molecule has 0 atom stereocenters. The Hall–Kier alpha value is -1.39. The lowest BCUT2D eigenvalue weighted by molar-refractivity contribution is 0.0792. The summed E-state index contributed by atoms with van der Waals surface area (Å²) < 4.78 is 0. The van der Waals surface area contributed by atoms with Crippen molar-refractivity contribution < 1.29 is 4.79 Å². The van der Waals surface area contributed by atoms with Crippen molar-refractivity contribution >= 4 is 28.8 Å². The third kappa shape index (κ3) is 2.58. The quantitative estimate of drug-likeness (QED) is 0.840. The number of likely N-dealkylation sites (tertiary alicyclic amines) is 1. The molecule has 0 aliphatic carbocycles. The summed E-state index contributed by atoms with van der Waals surface area (Å²) in [4.78, 5) is 19.7. The molecule has 1 aromatic heterocycles. The van der Waals surface area contributed by atoms with E-state index in [4.69, 9.17) is 11.6 Å². The molecular weight excluding hydrogens is 292 g/mol. The Bertz CT molecular complexity index is 630. The zero-order valence-corrected chi connectivity index (χ0v) is 12.8. The molecule has 0 spiro atoms. The van der Waals surface area contributed by atoms with E-state index in [2.05, 4.69) is 4.98 Å². The van der Waals surface area contributed by atoms with Crippen molar-refractivity contribution in [3.05, 3.63) is 40.0 Å². The van der Waals surface area contributed by atoms with Gasteiger partial charge in [-0.05, 0) is 37.5 Å². The molecule has 0 N–H and O–H groups in total. The van der Waals surface area contributed by atoms with Crippen LogP contribution in [-0.2, 0) is 0 Å². The first kappa shape index (κ1) is 13.6. The van der Waals surface area contributed by atoms with Gasteiger partial charge in [0.05, 0.1) is 10.6 Å². The Kier molecular flexibility index (Phi) is 3.76. The van der Waals surface area contributed by atoms with Crippen LogP contribution < -0.4 is 0 Å². The Morgan fingerprint density at radius 2 is 1.90 bits per heavy atom. The average molecular weight is 307 g/mol. The summed E-state index contributed by atoms with van der Waals surface area (Å²) in [7, 11) is 0. The molecular formula is C15H15ClN2OS. The molecule has 1 amide bonds. The van der Waals surface area contributed by atoms with E-state index >= 15 is 0 Å². The van der Waals surface area contributed by atoms with Gasteiger partial charge in [-0.3, -0.25) is 4.79 Å². The molecule has 1 aliphatic heterocycles. The van der Waals surface area contributed by atoms with Crippen molar-refractivity contribution in [3.63, 3.8) is 0 Å². The van der Waals surface area contributed by atoms with Gasteiger partial charge in [-0.25, -0.2) is 4.98 Å². The first-order valence-corrected chi connectivity index (χ1v) is 7.87. The van der Waals surface area contributed by atoms with Gasteiger partial charge in [-0.2, -0.15) is 0 Å². The van der Waals surface area contributed by atoms with Crippen molar-refractivity contribution in [1.29, 1.82) is 0 Å². The molecule has 104 valence electrons. The van der Waals surface area contributed by atoms with Gasteiger partial charge in [0.1, 0.15) is 0 Å². The van der Waals surface area contributed by atoms with E-state index in [9.17, 15) is 4.79 Å². The smallest absolute Gasteiger partial charge is 0.282 e. The summed E-state index contributed by atoms with van der Waals surface area (Å²) in [5, 5.41) is 1.30. The first-order valence-electron chi connectivity index (χ1n) is 6.68. The maximum atomic E-state index is 12.4. The Morgan fingerprint density at radius 1 is 1.25 bits per heavy atom. The maximum absolute atomic E-state index is 12.4. The number of nitrogens with zero attached hydrogens (tertiary/aromatic N) is 2. The number of aromatic nitrogens is 1. The summed E-state index contributed by atoms with van der Waals surface area (Å²) >= 11 is 7.38. The largest absolute Gasteiger partial charge is 0.337 e. The van der Waals surface area contributed by atoms with Crippen LogP contribution >= 0.6 is 22.9 Å². The number of hydrogen-bond acceptors (Lipinski definition) is 3. The molecule has 3 nitrogen and oxygen atoms in total. The SMILES string of the molecule is Cc1nc(C(=O)N2CCCC2)sc1-c1ccc(Cl)cc1. The zero-order chi connectivity index (χ0) is 14.1. The molecule has 1 saturated heterocycles. The van der Waals surface area contributed by atoms with E-state index in [-0.39, 0.29) is 5.91 Å². The molecule has 3 rings (SSSR count). The van der Waals surface area contributed by atoms with E-state index in [0.717, 1.165) is 42.1 Å². The lowest BCUT2D eigenvalue weighted by Crippen LogP contribution is -2.27. The number of thiazole rings is 1. The van der Waals surface area contributed by atoms with E-state index < -0.39 is 0 Å². The molecule has 5 heteroatoms. The van der Waals surface area contributed by atoms with Gasteiger partial charge >= 0.3 is 0 Å². The number of hydrogen-bond donors (Lipinski definition) is 0. The fraction of sp³-hybridized carbons (Fsp3) is 0.333. The summed E-state index contributed by atoms with van der Waals surface area (Å²) in [6.07, 6.45) is 2.19. The summed E-state index contributed by atoms with van der Waals surface area (Å²) in [6, 6.07) is 7.65. The van der Waals surface area contributed by atoms with Gasteiger partial charge in [0, 0.05) is 18.1 Å². The number of carbonyl (C=O) groups is 1. The zero-order valence-electron chi connectivity index (χ0n) is 11.2. The van der Waals surface area contributed by atoms with Crippen molar-refractivity contribution in [1.82, 2.24) is 9.88 Å². The monoisotopic (exact) mass is 306 g/mol. The second kappa shape index (κ2) is 5.54. The lowest BCUT2D eigenvalue weighted by Gasteiger charge is -2.12. The highest BCUT2D eigenvalue weighted by Crippen LogP contribution is 2.31. The van der Waals surface area contributed by atoms with Crippen molar-refractivity contribution in [2.75, 3.05) is 13.1 Å². The molecule has 1 aliphatic rings. The van der Waals surface area contributed by atoms with Gasteiger partial charge in [0.25, 0.3) is 5.91 Å². The Morgan fingerprint density at radius 3 is 2.55 bits per heavy atom. The van der Waals surface area contributed by atoms with Gasteiger partial charge in [-0.1, -0.05) is 23.7 Å². The third-order valence-corrected chi connectivity index (χ3v) is 4.93. The molecule has 2 heterocycles. The van der Waals surface area contributed by atoms with Crippen LogP contribution in [0.5, 0.6) is 0 Å². The van der Waals surface area contributed by atoms with Crippen LogP contribution in [0.1, 0.15) is 28.3 Å². The fourth-order valence-corrected chi connectivity index (χ4v) is 3.58. The minimum absolute atomic E-state index is 0.0656. The summed E-state index contributed by atoms with van der Waals surface area (Å²) in [6.45, 7) is 3.66. The average Bonchev–Trinajstić information content (AvgIpc) is 3.08. The van der Waals surface area contributed by atoms with Gasteiger partial charge in [0.15, 0.2) is 5.01 Å². The third-order valence-electron chi connectivity index (χ3n) is 3.48. The van der Waals surface area contributed by atoms with Crippen LogP contribution in [0.3, 0.4) is 0 Å². The molecule has 0 bridgehead atoms. The van der Waals surface area contributed by atoms with Gasteiger partial charge in [0.2, 0.25) is 0 Å². The highest BCUT2D eigenvalue weighted by Gasteiger charge is 2.23. The van der Waals surface area contributed by atoms with Crippen molar-refractivity contribution in [2.45, 2.75) is 19.8 Å². The second-order valence-electron chi connectivity index (χ2n) is 4.94. The number of carbonyl (C=O) groups excluding carboxylic acids is 1. The Balaban J connectivity index is 1.90. The standard InChI is InChI=1S/C15H15ClN2OS/c1-10-13(11-4-6-12(16)7-5-11)20-14(17-10)15(19)18-8-2-3-9-18/h4-7H,2-3,8-9H2,1H3. The van der Waals surface area contributed by atoms with Crippen LogP contribution in [0.25, 0.3) is 10.4 Å². The van der Waals surface area contributed by atoms with E-state index in [1.165, 1.54) is 11.3 Å². The maximum Gasteiger partial charge on any atom is 0.282 e. The topological polar surface area (TPSA) is 33.2 Å². The van der Waals surface area contributed by atoms with E-state index in [1.807, 2.05) is 36.1 Å².